The molecular formula is C19H24N6O3. The Kier molecular flexibility index (Phi) is 8.07. The molecule has 2 rings (SSSR count). The van der Waals surface area contributed by atoms with Crippen molar-refractivity contribution in [2.45, 2.75) is 19.1 Å². The highest BCUT2D eigenvalue weighted by Gasteiger charge is 2.17. The van der Waals surface area contributed by atoms with Crippen molar-refractivity contribution in [1.82, 2.24) is 20.9 Å². The summed E-state index contributed by atoms with van der Waals surface area (Å²) in [6.07, 6.45) is 3.27. The summed E-state index contributed by atoms with van der Waals surface area (Å²) in [5.41, 5.74) is 7.79. The Morgan fingerprint density at radius 3 is 2.29 bits per heavy atom. The zero-order chi connectivity index (χ0) is 20.4. The number of rotatable bonds is 10. The van der Waals surface area contributed by atoms with Crippen LogP contribution in [0.5, 0.6) is 0 Å². The number of pyridine rings is 1. The lowest BCUT2D eigenvalue weighted by atomic mass is 10.1. The van der Waals surface area contributed by atoms with E-state index in [0.717, 1.165) is 11.1 Å². The summed E-state index contributed by atoms with van der Waals surface area (Å²) in [5, 5.41) is 24.9. The molecule has 0 aliphatic rings. The molecule has 0 aliphatic heterocycles. The summed E-state index contributed by atoms with van der Waals surface area (Å²) < 4.78 is 0. The van der Waals surface area contributed by atoms with Crippen molar-refractivity contribution in [1.29, 1.82) is 5.41 Å². The number of hydrogen-bond acceptors (Lipinski definition) is 6. The first-order valence-corrected chi connectivity index (χ1v) is 8.70. The van der Waals surface area contributed by atoms with E-state index in [1.807, 2.05) is 0 Å². The molecule has 0 bridgehead atoms. The Morgan fingerprint density at radius 1 is 1.04 bits per heavy atom. The quantitative estimate of drug-likeness (QED) is 0.234. The first-order chi connectivity index (χ1) is 13.5. The smallest absolute Gasteiger partial charge is 0.239 e. The molecule has 0 radical (unpaired) electrons. The lowest BCUT2D eigenvalue weighted by Crippen LogP contribution is -2.48. The number of carbonyl (C=O) groups excluding carboxylic acids is 2. The van der Waals surface area contributed by atoms with Crippen LogP contribution in [0.1, 0.15) is 16.7 Å². The van der Waals surface area contributed by atoms with Crippen LogP contribution in [-0.4, -0.2) is 46.9 Å². The monoisotopic (exact) mass is 384 g/mol. The first-order valence-electron chi connectivity index (χ1n) is 8.70. The van der Waals surface area contributed by atoms with E-state index in [9.17, 15) is 14.7 Å². The summed E-state index contributed by atoms with van der Waals surface area (Å²) in [6.45, 7) is 0.0889. The van der Waals surface area contributed by atoms with Crippen LogP contribution < -0.4 is 21.7 Å². The van der Waals surface area contributed by atoms with Gasteiger partial charge in [-0.05, 0) is 23.3 Å². The van der Waals surface area contributed by atoms with E-state index in [0.29, 0.717) is 18.7 Å². The number of nitrogens with two attached hydrogens (primary N) is 1. The van der Waals surface area contributed by atoms with Crippen LogP contribution >= 0.6 is 0 Å². The average molecular weight is 384 g/mol. The van der Waals surface area contributed by atoms with Gasteiger partial charge in [0, 0.05) is 31.0 Å². The van der Waals surface area contributed by atoms with Crippen LogP contribution in [0.15, 0.2) is 48.8 Å². The molecule has 1 aromatic carbocycles. The number of aromatic nitrogens is 1. The number of carbonyl (C=O) groups is 2. The highest BCUT2D eigenvalue weighted by molar-refractivity contribution is 5.94. The third kappa shape index (κ3) is 6.78. The van der Waals surface area contributed by atoms with E-state index in [4.69, 9.17) is 11.1 Å². The molecule has 0 saturated carbocycles. The lowest BCUT2D eigenvalue weighted by molar-refractivity contribution is -0.128. The van der Waals surface area contributed by atoms with Crippen LogP contribution in [0.25, 0.3) is 0 Å². The van der Waals surface area contributed by atoms with E-state index < -0.39 is 18.6 Å². The fraction of sp³-hybridized carbons (Fsp3) is 0.263. The molecule has 2 amide bonds. The van der Waals surface area contributed by atoms with Gasteiger partial charge in [0.1, 0.15) is 11.9 Å². The minimum atomic E-state index is -0.847. The van der Waals surface area contributed by atoms with Gasteiger partial charge in [-0.1, -0.05) is 24.3 Å². The van der Waals surface area contributed by atoms with Crippen LogP contribution in [0, 0.1) is 5.41 Å². The van der Waals surface area contributed by atoms with Gasteiger partial charge in [0.25, 0.3) is 0 Å². The molecule has 9 nitrogen and oxygen atoms in total. The van der Waals surface area contributed by atoms with Gasteiger partial charge in [0.2, 0.25) is 11.8 Å². The molecule has 28 heavy (non-hydrogen) atoms. The summed E-state index contributed by atoms with van der Waals surface area (Å²) in [5.74, 6) is -0.821. The van der Waals surface area contributed by atoms with Gasteiger partial charge in [0.05, 0.1) is 13.2 Å². The lowest BCUT2D eigenvalue weighted by Gasteiger charge is -2.16. The van der Waals surface area contributed by atoms with Crippen molar-refractivity contribution in [3.05, 3.63) is 65.5 Å². The first kappa shape index (κ1) is 21.0. The van der Waals surface area contributed by atoms with E-state index in [-0.39, 0.29) is 18.3 Å². The predicted octanol–water partition coefficient (Wildman–Crippen LogP) is -0.751. The SMILES string of the molecule is N=C(N)c1ccc(CNC(CO)C(=O)NCC(=O)NCc2ccncc2)cc1. The Morgan fingerprint density at radius 2 is 1.68 bits per heavy atom. The van der Waals surface area contributed by atoms with E-state index in [1.165, 1.54) is 0 Å². The summed E-state index contributed by atoms with van der Waals surface area (Å²) >= 11 is 0. The number of aliphatic hydroxyl groups is 1. The van der Waals surface area contributed by atoms with Crippen LogP contribution in [-0.2, 0) is 22.7 Å². The number of hydrogen-bond donors (Lipinski definition) is 6. The van der Waals surface area contributed by atoms with Crippen molar-refractivity contribution in [2.75, 3.05) is 13.2 Å². The number of benzene rings is 1. The minimum Gasteiger partial charge on any atom is -0.394 e. The van der Waals surface area contributed by atoms with Gasteiger partial charge in [-0.3, -0.25) is 25.3 Å². The molecule has 0 spiro atoms. The molecule has 1 unspecified atom stereocenters. The molecule has 0 aliphatic carbocycles. The summed E-state index contributed by atoms with van der Waals surface area (Å²) in [7, 11) is 0. The number of amides is 2. The second-order valence-corrected chi connectivity index (χ2v) is 6.08. The standard InChI is InChI=1S/C19H24N6O3/c20-18(21)15-3-1-13(2-4-15)9-23-16(12-26)19(28)25-11-17(27)24-10-14-5-7-22-8-6-14/h1-8,16,23,26H,9-12H2,(H3,20,21)(H,24,27)(H,25,28). The number of nitrogens with one attached hydrogen (secondary N) is 4. The maximum atomic E-state index is 12.2. The molecule has 9 heteroatoms. The van der Waals surface area contributed by atoms with E-state index >= 15 is 0 Å². The Balaban J connectivity index is 1.74. The van der Waals surface area contributed by atoms with Crippen LogP contribution in [0.2, 0.25) is 0 Å². The number of aliphatic hydroxyl groups excluding tert-OH is 1. The number of amidine groups is 1. The number of nitrogens with zero attached hydrogens (tertiary/aromatic N) is 1. The topological polar surface area (TPSA) is 153 Å². The van der Waals surface area contributed by atoms with Gasteiger partial charge in [0.15, 0.2) is 0 Å². The molecule has 0 saturated heterocycles. The molecule has 2 aromatic rings. The van der Waals surface area contributed by atoms with Crippen LogP contribution in [0.4, 0.5) is 0 Å². The fourth-order valence-electron chi connectivity index (χ4n) is 2.34. The third-order valence-corrected chi connectivity index (χ3v) is 3.98. The minimum absolute atomic E-state index is 0.0191. The predicted molar refractivity (Wildman–Crippen MR) is 104 cm³/mol. The Hall–Kier alpha value is -3.30. The molecule has 148 valence electrons. The van der Waals surface area contributed by atoms with Crippen molar-refractivity contribution in [3.8, 4) is 0 Å². The molecular weight excluding hydrogens is 360 g/mol. The Labute approximate surface area is 162 Å². The van der Waals surface area contributed by atoms with E-state index in [1.54, 1.807) is 48.8 Å². The van der Waals surface area contributed by atoms with Gasteiger partial charge >= 0.3 is 0 Å². The van der Waals surface area contributed by atoms with Crippen LogP contribution in [0.3, 0.4) is 0 Å². The average Bonchev–Trinajstić information content (AvgIpc) is 2.72. The second-order valence-electron chi connectivity index (χ2n) is 6.08. The molecule has 1 heterocycles. The van der Waals surface area contributed by atoms with Crippen molar-refractivity contribution >= 4 is 17.6 Å². The van der Waals surface area contributed by atoms with Gasteiger partial charge in [-0.2, -0.15) is 0 Å². The number of nitrogen functional groups attached to an aromatic ring is 1. The second kappa shape index (κ2) is 10.8. The summed E-state index contributed by atoms with van der Waals surface area (Å²) in [6, 6.07) is 9.70. The fourth-order valence-corrected chi connectivity index (χ4v) is 2.34. The zero-order valence-electron chi connectivity index (χ0n) is 15.3. The zero-order valence-corrected chi connectivity index (χ0v) is 15.3. The maximum Gasteiger partial charge on any atom is 0.239 e. The molecule has 1 aromatic heterocycles. The molecule has 1 atom stereocenters. The molecule has 0 fully saturated rings. The summed E-state index contributed by atoms with van der Waals surface area (Å²) in [4.78, 5) is 27.9. The van der Waals surface area contributed by atoms with Crippen molar-refractivity contribution in [3.63, 3.8) is 0 Å². The highest BCUT2D eigenvalue weighted by Crippen LogP contribution is 2.04. The maximum absolute atomic E-state index is 12.2. The van der Waals surface area contributed by atoms with Gasteiger partial charge in [-0.25, -0.2) is 0 Å². The van der Waals surface area contributed by atoms with Crippen molar-refractivity contribution < 1.29 is 14.7 Å². The highest BCUT2D eigenvalue weighted by atomic mass is 16.3. The normalized spacial score (nSPS) is 11.5. The Bertz CT molecular complexity index is 795. The van der Waals surface area contributed by atoms with Crippen molar-refractivity contribution in [2.24, 2.45) is 5.73 Å². The third-order valence-electron chi connectivity index (χ3n) is 3.98. The largest absolute Gasteiger partial charge is 0.394 e. The van der Waals surface area contributed by atoms with E-state index in [2.05, 4.69) is 20.9 Å². The molecule has 7 N–H and O–H groups in total. The van der Waals surface area contributed by atoms with Gasteiger partial charge in [-0.15, -0.1) is 0 Å². The van der Waals surface area contributed by atoms with Gasteiger partial charge < -0.3 is 21.5 Å².